The van der Waals surface area contributed by atoms with E-state index in [-0.39, 0.29) is 5.78 Å². The molecule has 0 aliphatic carbocycles. The zero-order chi connectivity index (χ0) is 14.3. The summed E-state index contributed by atoms with van der Waals surface area (Å²) in [6.45, 7) is 6.56. The molecule has 1 aromatic carbocycles. The molecule has 1 rings (SSSR count). The first-order chi connectivity index (χ1) is 7.98. The summed E-state index contributed by atoms with van der Waals surface area (Å²) < 4.78 is 22.9. The van der Waals surface area contributed by atoms with Gasteiger partial charge < -0.3 is 0 Å². The van der Waals surface area contributed by atoms with Crippen molar-refractivity contribution in [1.82, 2.24) is 0 Å². The molecule has 5 heteroatoms. The van der Waals surface area contributed by atoms with Crippen LogP contribution in [0, 0.1) is 13.8 Å². The molecule has 0 spiro atoms. The molecular weight excluding hydrogens is 316 g/mol. The van der Waals surface area contributed by atoms with Crippen molar-refractivity contribution in [2.75, 3.05) is 6.26 Å². The number of halogens is 1. The highest BCUT2D eigenvalue weighted by Crippen LogP contribution is 2.27. The molecule has 18 heavy (non-hydrogen) atoms. The van der Waals surface area contributed by atoms with Crippen LogP contribution in [0.1, 0.15) is 35.3 Å². The maximum Gasteiger partial charge on any atom is 0.183 e. The van der Waals surface area contributed by atoms with Crippen LogP contribution >= 0.6 is 15.9 Å². The highest BCUT2D eigenvalue weighted by Gasteiger charge is 2.39. The minimum absolute atomic E-state index is 0.363. The first-order valence-corrected chi connectivity index (χ1v) is 8.18. The van der Waals surface area contributed by atoms with Crippen LogP contribution in [0.4, 0.5) is 0 Å². The van der Waals surface area contributed by atoms with Gasteiger partial charge in [-0.3, -0.25) is 4.79 Å². The summed E-state index contributed by atoms with van der Waals surface area (Å²) in [7, 11) is -3.45. The van der Waals surface area contributed by atoms with Gasteiger partial charge >= 0.3 is 0 Å². The Bertz CT molecular complexity index is 601. The lowest BCUT2D eigenvalue weighted by Gasteiger charge is -2.22. The van der Waals surface area contributed by atoms with Crippen molar-refractivity contribution in [3.05, 3.63) is 33.3 Å². The average molecular weight is 333 g/mol. The molecule has 0 unspecified atom stereocenters. The normalized spacial score (nSPS) is 12.6. The molecule has 0 heterocycles. The van der Waals surface area contributed by atoms with Gasteiger partial charge in [-0.25, -0.2) is 8.42 Å². The van der Waals surface area contributed by atoms with Gasteiger partial charge in [0.2, 0.25) is 0 Å². The number of carbonyl (C=O) groups excluding carboxylic acids is 1. The zero-order valence-corrected chi connectivity index (χ0v) is 13.6. The predicted octanol–water partition coefficient (Wildman–Crippen LogP) is 3.07. The van der Waals surface area contributed by atoms with E-state index in [0.29, 0.717) is 5.56 Å². The molecule has 0 saturated heterocycles. The largest absolute Gasteiger partial charge is 0.292 e. The lowest BCUT2D eigenvalue weighted by Crippen LogP contribution is -2.40. The van der Waals surface area contributed by atoms with Gasteiger partial charge in [-0.05, 0) is 51.0 Å². The fourth-order valence-electron chi connectivity index (χ4n) is 1.52. The number of ketones is 1. The molecule has 0 fully saturated rings. The number of carbonyl (C=O) groups is 1. The number of aryl methyl sites for hydroxylation is 2. The van der Waals surface area contributed by atoms with Crippen molar-refractivity contribution in [1.29, 1.82) is 0 Å². The summed E-state index contributed by atoms with van der Waals surface area (Å²) in [6, 6.07) is 3.57. The fraction of sp³-hybridized carbons (Fsp3) is 0.462. The van der Waals surface area contributed by atoms with Crippen LogP contribution in [-0.2, 0) is 9.84 Å². The summed E-state index contributed by atoms with van der Waals surface area (Å²) in [6.07, 6.45) is 1.09. The van der Waals surface area contributed by atoms with E-state index in [0.717, 1.165) is 21.9 Å². The highest BCUT2D eigenvalue weighted by molar-refractivity contribution is 9.10. The molecule has 3 nitrogen and oxygen atoms in total. The molecule has 0 N–H and O–H groups in total. The van der Waals surface area contributed by atoms with E-state index in [4.69, 9.17) is 0 Å². The van der Waals surface area contributed by atoms with Crippen molar-refractivity contribution in [3.63, 3.8) is 0 Å². The van der Waals surface area contributed by atoms with Gasteiger partial charge in [-0.15, -0.1) is 0 Å². The fourth-order valence-corrected chi connectivity index (χ4v) is 2.42. The van der Waals surface area contributed by atoms with Gasteiger partial charge in [0.15, 0.2) is 15.6 Å². The molecule has 0 atom stereocenters. The van der Waals surface area contributed by atoms with Crippen molar-refractivity contribution in [2.45, 2.75) is 32.4 Å². The van der Waals surface area contributed by atoms with Gasteiger partial charge in [0.05, 0.1) is 0 Å². The molecule has 0 aromatic heterocycles. The third-order valence-electron chi connectivity index (χ3n) is 3.22. The minimum Gasteiger partial charge on any atom is -0.292 e. The van der Waals surface area contributed by atoms with E-state index in [9.17, 15) is 13.2 Å². The van der Waals surface area contributed by atoms with Crippen LogP contribution in [0.5, 0.6) is 0 Å². The molecule has 0 amide bonds. The first kappa shape index (κ1) is 15.4. The molecule has 0 aliphatic heterocycles. The summed E-state index contributed by atoms with van der Waals surface area (Å²) in [4.78, 5) is 12.4. The van der Waals surface area contributed by atoms with Crippen molar-refractivity contribution < 1.29 is 13.2 Å². The van der Waals surface area contributed by atoms with Crippen LogP contribution in [-0.4, -0.2) is 25.2 Å². The maximum atomic E-state index is 12.4. The van der Waals surface area contributed by atoms with Gasteiger partial charge in [0.25, 0.3) is 0 Å². The number of rotatable bonds is 3. The van der Waals surface area contributed by atoms with E-state index >= 15 is 0 Å². The highest BCUT2D eigenvalue weighted by atomic mass is 79.9. The third-order valence-corrected chi connectivity index (χ3v) is 6.12. The predicted molar refractivity (Wildman–Crippen MR) is 76.9 cm³/mol. The topological polar surface area (TPSA) is 51.2 Å². The monoisotopic (exact) mass is 332 g/mol. The standard InChI is InChI=1S/C13H17BrO3S/c1-8-7-11(14)9(2)6-10(8)12(15)13(3,4)18(5,16)17/h6-7H,1-5H3. The van der Waals surface area contributed by atoms with Crippen molar-refractivity contribution in [3.8, 4) is 0 Å². The second-order valence-corrected chi connectivity index (χ2v) is 8.45. The Morgan fingerprint density at radius 2 is 1.67 bits per heavy atom. The van der Waals surface area contributed by atoms with Crippen LogP contribution in [0.15, 0.2) is 16.6 Å². The summed E-state index contributed by atoms with van der Waals surface area (Å²) in [5.74, 6) is -0.363. The SMILES string of the molecule is Cc1cc(C(=O)C(C)(C)S(C)(=O)=O)c(C)cc1Br. The van der Waals surface area contributed by atoms with E-state index < -0.39 is 14.6 Å². The van der Waals surface area contributed by atoms with Crippen LogP contribution in [0.3, 0.4) is 0 Å². The summed E-state index contributed by atoms with van der Waals surface area (Å²) >= 11 is 3.39. The van der Waals surface area contributed by atoms with Crippen LogP contribution < -0.4 is 0 Å². The number of benzene rings is 1. The smallest absolute Gasteiger partial charge is 0.183 e. The molecule has 0 radical (unpaired) electrons. The van der Waals surface area contributed by atoms with Gasteiger partial charge in [0, 0.05) is 16.3 Å². The van der Waals surface area contributed by atoms with E-state index in [2.05, 4.69) is 15.9 Å². The molecule has 100 valence electrons. The average Bonchev–Trinajstić information content (AvgIpc) is 2.20. The number of hydrogen-bond donors (Lipinski definition) is 0. The molecule has 0 bridgehead atoms. The van der Waals surface area contributed by atoms with Gasteiger partial charge in [-0.1, -0.05) is 15.9 Å². The maximum absolute atomic E-state index is 12.4. The number of hydrogen-bond acceptors (Lipinski definition) is 3. The van der Waals surface area contributed by atoms with Crippen LogP contribution in [0.25, 0.3) is 0 Å². The second-order valence-electron chi connectivity index (χ2n) is 5.03. The zero-order valence-electron chi connectivity index (χ0n) is 11.2. The van der Waals surface area contributed by atoms with Crippen LogP contribution in [0.2, 0.25) is 0 Å². The Morgan fingerprint density at radius 3 is 2.11 bits per heavy atom. The minimum atomic E-state index is -3.45. The number of sulfone groups is 1. The van der Waals surface area contributed by atoms with Crippen molar-refractivity contribution >= 4 is 31.6 Å². The van der Waals surface area contributed by atoms with Gasteiger partial charge in [-0.2, -0.15) is 0 Å². The quantitative estimate of drug-likeness (QED) is 0.799. The molecular formula is C13H17BrO3S. The molecule has 0 aliphatic rings. The summed E-state index contributed by atoms with van der Waals surface area (Å²) in [5.41, 5.74) is 2.15. The first-order valence-electron chi connectivity index (χ1n) is 5.49. The van der Waals surface area contributed by atoms with E-state index in [1.807, 2.05) is 13.0 Å². The Hall–Kier alpha value is -0.680. The lowest BCUT2D eigenvalue weighted by atomic mass is 9.95. The second kappa shape index (κ2) is 4.78. The van der Waals surface area contributed by atoms with Gasteiger partial charge in [0.1, 0.15) is 4.75 Å². The third kappa shape index (κ3) is 2.67. The molecule has 1 aromatic rings. The molecule has 0 saturated carbocycles. The Balaban J connectivity index is 3.42. The Morgan fingerprint density at radius 1 is 1.17 bits per heavy atom. The Kier molecular flexibility index (Phi) is 4.08. The van der Waals surface area contributed by atoms with E-state index in [1.165, 1.54) is 13.8 Å². The van der Waals surface area contributed by atoms with E-state index in [1.54, 1.807) is 13.0 Å². The lowest BCUT2D eigenvalue weighted by molar-refractivity contribution is 0.0953. The summed E-state index contributed by atoms with van der Waals surface area (Å²) in [5, 5.41) is 0. The van der Waals surface area contributed by atoms with Crippen molar-refractivity contribution in [2.24, 2.45) is 0 Å². The Labute approximate surface area is 117 Å². The number of Topliss-reactive ketones (excluding diaryl/α,β-unsaturated/α-hetero) is 1.